The minimum atomic E-state index is -0.508. The second kappa shape index (κ2) is 10.4. The van der Waals surface area contributed by atoms with Gasteiger partial charge in [0.15, 0.2) is 6.61 Å². The molecule has 2 amide bonds. The lowest BCUT2D eigenvalue weighted by atomic mass is 10.1. The molecule has 0 fully saturated rings. The van der Waals surface area contributed by atoms with E-state index in [2.05, 4.69) is 10.6 Å². The number of carbonyl (C=O) groups is 2. The maximum atomic E-state index is 12.9. The number of amides is 2. The summed E-state index contributed by atoms with van der Waals surface area (Å²) in [7, 11) is 0. The predicted octanol–water partition coefficient (Wildman–Crippen LogP) is 4.39. The first-order valence-corrected chi connectivity index (χ1v) is 9.30. The average molecular weight is 415 g/mol. The van der Waals surface area contributed by atoms with Crippen molar-refractivity contribution in [2.24, 2.45) is 0 Å². The molecule has 31 heavy (non-hydrogen) atoms. The van der Waals surface area contributed by atoms with Gasteiger partial charge in [0.25, 0.3) is 11.8 Å². The molecule has 0 heterocycles. The highest BCUT2D eigenvalue weighted by atomic mass is 19.1. The van der Waals surface area contributed by atoms with Gasteiger partial charge in [0.1, 0.15) is 23.2 Å². The Bertz CT molecular complexity index is 1120. The number of nitrogens with one attached hydrogen (secondary N) is 2. The Morgan fingerprint density at radius 1 is 0.903 bits per heavy atom. The van der Waals surface area contributed by atoms with Crippen molar-refractivity contribution in [1.29, 1.82) is 5.26 Å². The Morgan fingerprint density at radius 2 is 1.55 bits per heavy atom. The lowest BCUT2D eigenvalue weighted by Gasteiger charge is -2.08. The number of carbonyl (C=O) groups excluding carboxylic acids is 2. The average Bonchev–Trinajstić information content (AvgIpc) is 2.79. The van der Waals surface area contributed by atoms with Gasteiger partial charge in [-0.2, -0.15) is 5.26 Å². The van der Waals surface area contributed by atoms with Crippen molar-refractivity contribution in [2.45, 2.75) is 0 Å². The van der Waals surface area contributed by atoms with Crippen LogP contribution in [-0.4, -0.2) is 18.4 Å². The molecule has 0 aliphatic heterocycles. The molecule has 0 unspecified atom stereocenters. The van der Waals surface area contributed by atoms with Gasteiger partial charge in [-0.3, -0.25) is 9.59 Å². The lowest BCUT2D eigenvalue weighted by Crippen LogP contribution is -2.20. The van der Waals surface area contributed by atoms with E-state index >= 15 is 0 Å². The molecule has 3 rings (SSSR count). The summed E-state index contributed by atoms with van der Waals surface area (Å²) in [6.45, 7) is -0.227. The molecule has 6 nitrogen and oxygen atoms in total. The fourth-order valence-electron chi connectivity index (χ4n) is 2.57. The number of benzene rings is 3. The summed E-state index contributed by atoms with van der Waals surface area (Å²) in [5.41, 5.74) is 1.64. The van der Waals surface area contributed by atoms with E-state index in [-0.39, 0.29) is 23.9 Å². The molecule has 0 aliphatic rings. The van der Waals surface area contributed by atoms with Crippen molar-refractivity contribution in [2.75, 3.05) is 17.2 Å². The van der Waals surface area contributed by atoms with Crippen LogP contribution in [0.3, 0.4) is 0 Å². The van der Waals surface area contributed by atoms with Gasteiger partial charge < -0.3 is 15.4 Å². The second-order valence-corrected chi connectivity index (χ2v) is 6.40. The summed E-state index contributed by atoms with van der Waals surface area (Å²) in [6.07, 6.45) is 1.46. The third kappa shape index (κ3) is 6.54. The Hall–Kier alpha value is -4.44. The minimum absolute atomic E-state index is 0.0452. The van der Waals surface area contributed by atoms with E-state index in [1.165, 1.54) is 30.3 Å². The molecule has 0 saturated carbocycles. The van der Waals surface area contributed by atoms with Gasteiger partial charge in [0.2, 0.25) is 0 Å². The van der Waals surface area contributed by atoms with Gasteiger partial charge in [-0.05, 0) is 60.2 Å². The standard InChI is InChI=1S/C24H18FN3O3/c25-19-8-10-21(11-9-19)27-23(29)16-31-22-12-6-17(7-13-22)14-18(15-26)24(30)28-20-4-2-1-3-5-20/h1-14H,16H2,(H,27,29)(H,28,30)/b18-14+. The minimum Gasteiger partial charge on any atom is -0.484 e. The largest absolute Gasteiger partial charge is 0.484 e. The van der Waals surface area contributed by atoms with Crippen LogP contribution in [-0.2, 0) is 9.59 Å². The van der Waals surface area contributed by atoms with Gasteiger partial charge in [0, 0.05) is 11.4 Å². The number of anilines is 2. The van der Waals surface area contributed by atoms with Crippen LogP contribution in [0.2, 0.25) is 0 Å². The van der Waals surface area contributed by atoms with Crippen LogP contribution in [0.25, 0.3) is 6.08 Å². The number of ether oxygens (including phenoxy) is 1. The van der Waals surface area contributed by atoms with E-state index in [1.54, 1.807) is 48.5 Å². The summed E-state index contributed by atoms with van der Waals surface area (Å²) >= 11 is 0. The topological polar surface area (TPSA) is 91.2 Å². The molecule has 0 atom stereocenters. The summed E-state index contributed by atoms with van der Waals surface area (Å²) < 4.78 is 18.3. The predicted molar refractivity (Wildman–Crippen MR) is 116 cm³/mol. The first-order valence-electron chi connectivity index (χ1n) is 9.30. The SMILES string of the molecule is N#C/C(=C\c1ccc(OCC(=O)Nc2ccc(F)cc2)cc1)C(=O)Nc1ccccc1. The fourth-order valence-corrected chi connectivity index (χ4v) is 2.57. The molecule has 7 heteroatoms. The van der Waals surface area contributed by atoms with Crippen molar-refractivity contribution < 1.29 is 18.7 Å². The normalized spacial score (nSPS) is 10.6. The van der Waals surface area contributed by atoms with Gasteiger partial charge in [-0.25, -0.2) is 4.39 Å². The van der Waals surface area contributed by atoms with Crippen LogP contribution < -0.4 is 15.4 Å². The van der Waals surface area contributed by atoms with Crippen LogP contribution >= 0.6 is 0 Å². The number of halogens is 1. The molecule has 2 N–H and O–H groups in total. The summed E-state index contributed by atoms with van der Waals surface area (Å²) in [5.74, 6) is -0.842. The van der Waals surface area contributed by atoms with Crippen LogP contribution in [0.5, 0.6) is 5.75 Å². The van der Waals surface area contributed by atoms with E-state index in [0.717, 1.165) is 0 Å². The molecule has 0 saturated heterocycles. The Balaban J connectivity index is 1.56. The molecular weight excluding hydrogens is 397 g/mol. The van der Waals surface area contributed by atoms with Crippen molar-refractivity contribution in [1.82, 2.24) is 0 Å². The van der Waals surface area contributed by atoms with Crippen molar-refractivity contribution >= 4 is 29.3 Å². The second-order valence-electron chi connectivity index (χ2n) is 6.40. The van der Waals surface area contributed by atoms with Gasteiger partial charge >= 0.3 is 0 Å². The number of rotatable bonds is 7. The van der Waals surface area contributed by atoms with Crippen LogP contribution in [0, 0.1) is 17.1 Å². The van der Waals surface area contributed by atoms with Crippen LogP contribution in [0.15, 0.2) is 84.4 Å². The molecule has 3 aromatic carbocycles. The number of para-hydroxylation sites is 1. The van der Waals surface area contributed by atoms with Crippen LogP contribution in [0.1, 0.15) is 5.56 Å². The maximum Gasteiger partial charge on any atom is 0.266 e. The van der Waals surface area contributed by atoms with Gasteiger partial charge in [0.05, 0.1) is 0 Å². The molecule has 0 aromatic heterocycles. The third-order valence-electron chi connectivity index (χ3n) is 4.09. The molecule has 0 bridgehead atoms. The third-order valence-corrected chi connectivity index (χ3v) is 4.09. The zero-order valence-electron chi connectivity index (χ0n) is 16.3. The fraction of sp³-hybridized carbons (Fsp3) is 0.0417. The first-order chi connectivity index (χ1) is 15.0. The van der Waals surface area contributed by atoms with Crippen molar-refractivity contribution in [3.05, 3.63) is 95.8 Å². The highest BCUT2D eigenvalue weighted by molar-refractivity contribution is 6.09. The first kappa shape index (κ1) is 21.3. The zero-order valence-corrected chi connectivity index (χ0v) is 16.3. The van der Waals surface area contributed by atoms with Crippen LogP contribution in [0.4, 0.5) is 15.8 Å². The number of hydrogen-bond acceptors (Lipinski definition) is 4. The van der Waals surface area contributed by atoms with Gasteiger partial charge in [-0.15, -0.1) is 0 Å². The molecule has 154 valence electrons. The molecular formula is C24H18FN3O3. The zero-order chi connectivity index (χ0) is 22.1. The highest BCUT2D eigenvalue weighted by Crippen LogP contribution is 2.16. The Labute approximate surface area is 178 Å². The molecule has 0 aliphatic carbocycles. The van der Waals surface area contributed by atoms with E-state index < -0.39 is 5.91 Å². The molecule has 3 aromatic rings. The number of nitriles is 1. The summed E-state index contributed by atoms with van der Waals surface area (Å²) in [4.78, 5) is 24.2. The Kier molecular flexibility index (Phi) is 7.12. The van der Waals surface area contributed by atoms with Gasteiger partial charge in [-0.1, -0.05) is 30.3 Å². The van der Waals surface area contributed by atoms with Crippen molar-refractivity contribution in [3.63, 3.8) is 0 Å². The quantitative estimate of drug-likeness (QED) is 0.442. The molecule has 0 spiro atoms. The summed E-state index contributed by atoms with van der Waals surface area (Å²) in [5, 5.41) is 14.6. The van der Waals surface area contributed by atoms with E-state index in [0.29, 0.717) is 22.7 Å². The van der Waals surface area contributed by atoms with E-state index in [1.807, 2.05) is 12.1 Å². The highest BCUT2D eigenvalue weighted by Gasteiger charge is 2.09. The smallest absolute Gasteiger partial charge is 0.266 e. The lowest BCUT2D eigenvalue weighted by molar-refractivity contribution is -0.118. The molecule has 0 radical (unpaired) electrons. The summed E-state index contributed by atoms with van der Waals surface area (Å²) in [6, 6.07) is 22.7. The Morgan fingerprint density at radius 3 is 2.19 bits per heavy atom. The maximum absolute atomic E-state index is 12.9. The number of hydrogen-bond donors (Lipinski definition) is 2. The van der Waals surface area contributed by atoms with Crippen molar-refractivity contribution in [3.8, 4) is 11.8 Å². The van der Waals surface area contributed by atoms with E-state index in [4.69, 9.17) is 4.74 Å². The monoisotopic (exact) mass is 415 g/mol. The van der Waals surface area contributed by atoms with E-state index in [9.17, 15) is 19.2 Å². The number of nitrogens with zero attached hydrogens (tertiary/aromatic N) is 1.